The van der Waals surface area contributed by atoms with Crippen molar-refractivity contribution in [3.8, 4) is 0 Å². The third-order valence-electron chi connectivity index (χ3n) is 5.15. The molecule has 1 N–H and O–H groups in total. The van der Waals surface area contributed by atoms with Gasteiger partial charge in [0.2, 0.25) is 0 Å². The topological polar surface area (TPSA) is 38.8 Å². The number of carbonyl (C=O) groups is 1. The van der Waals surface area contributed by atoms with Crippen LogP contribution in [0, 0.1) is 5.92 Å². The maximum atomic E-state index is 12.6. The number of amides is 2. The van der Waals surface area contributed by atoms with Crippen LogP contribution < -0.4 is 5.32 Å². The number of piperidine rings is 1. The summed E-state index contributed by atoms with van der Waals surface area (Å²) < 4.78 is 0. The third-order valence-corrected chi connectivity index (χ3v) is 5.15. The average Bonchev–Trinajstić information content (AvgIpc) is 2.63. The van der Waals surface area contributed by atoms with E-state index in [2.05, 4.69) is 22.3 Å². The van der Waals surface area contributed by atoms with Gasteiger partial charge in [-0.15, -0.1) is 12.4 Å². The third kappa shape index (κ3) is 5.87. The van der Waals surface area contributed by atoms with Crippen molar-refractivity contribution in [2.24, 2.45) is 5.92 Å². The number of urea groups is 1. The van der Waals surface area contributed by atoms with Gasteiger partial charge in [-0.2, -0.15) is 0 Å². The molecular formula is C19H31ClN4O. The van der Waals surface area contributed by atoms with Crippen LogP contribution in [-0.4, -0.2) is 73.6 Å². The van der Waals surface area contributed by atoms with Gasteiger partial charge in [0, 0.05) is 46.3 Å². The van der Waals surface area contributed by atoms with Gasteiger partial charge in [-0.1, -0.05) is 30.3 Å². The minimum absolute atomic E-state index is 0. The molecule has 1 atom stereocenters. The van der Waals surface area contributed by atoms with Crippen LogP contribution in [0.1, 0.15) is 18.4 Å². The highest BCUT2D eigenvalue weighted by Crippen LogP contribution is 2.14. The molecule has 2 amide bonds. The van der Waals surface area contributed by atoms with E-state index in [4.69, 9.17) is 0 Å². The molecular weight excluding hydrogens is 336 g/mol. The molecule has 25 heavy (non-hydrogen) atoms. The molecule has 1 aromatic carbocycles. The molecule has 140 valence electrons. The number of hydrogen-bond acceptors (Lipinski definition) is 3. The Kier molecular flexibility index (Phi) is 8.00. The number of hydrogen-bond donors (Lipinski definition) is 1. The zero-order valence-corrected chi connectivity index (χ0v) is 16.0. The molecule has 2 aliphatic rings. The number of carbonyl (C=O) groups excluding carboxylic acids is 1. The Morgan fingerprint density at radius 2 is 1.92 bits per heavy atom. The Labute approximate surface area is 157 Å². The van der Waals surface area contributed by atoms with Crippen molar-refractivity contribution in [3.05, 3.63) is 35.9 Å². The van der Waals surface area contributed by atoms with Gasteiger partial charge < -0.3 is 15.1 Å². The molecule has 2 saturated heterocycles. The lowest BCUT2D eigenvalue weighted by Gasteiger charge is -2.38. The van der Waals surface area contributed by atoms with Crippen LogP contribution in [0.5, 0.6) is 0 Å². The Morgan fingerprint density at radius 3 is 2.56 bits per heavy atom. The predicted molar refractivity (Wildman–Crippen MR) is 104 cm³/mol. The van der Waals surface area contributed by atoms with Crippen molar-refractivity contribution in [1.29, 1.82) is 0 Å². The van der Waals surface area contributed by atoms with Gasteiger partial charge in [0.05, 0.1) is 0 Å². The number of halogens is 1. The summed E-state index contributed by atoms with van der Waals surface area (Å²) in [6.07, 6.45) is 2.64. The van der Waals surface area contributed by atoms with Gasteiger partial charge in [-0.3, -0.25) is 4.90 Å². The molecule has 0 saturated carbocycles. The molecule has 5 nitrogen and oxygen atoms in total. The highest BCUT2D eigenvalue weighted by atomic mass is 35.5. The van der Waals surface area contributed by atoms with Crippen LogP contribution in [0.3, 0.4) is 0 Å². The van der Waals surface area contributed by atoms with E-state index in [-0.39, 0.29) is 18.4 Å². The molecule has 1 unspecified atom stereocenters. The lowest BCUT2D eigenvalue weighted by molar-refractivity contribution is 0.105. The largest absolute Gasteiger partial charge is 0.323 e. The van der Waals surface area contributed by atoms with Crippen molar-refractivity contribution < 1.29 is 4.79 Å². The van der Waals surface area contributed by atoms with Gasteiger partial charge in [-0.05, 0) is 37.4 Å². The summed E-state index contributed by atoms with van der Waals surface area (Å²) in [6.45, 7) is 7.87. The van der Waals surface area contributed by atoms with Gasteiger partial charge in [0.25, 0.3) is 0 Å². The number of nitrogens with one attached hydrogen (secondary N) is 1. The standard InChI is InChI=1S/C19H30N4O.ClH/c1-21(15-17-6-3-2-4-7-17)19(24)23-12-10-22(11-13-23)16-18-8-5-9-20-14-18;/h2-4,6-7,18,20H,5,8-16H2,1H3;1H. The van der Waals surface area contributed by atoms with Crippen LogP contribution in [0.15, 0.2) is 30.3 Å². The first kappa shape index (κ1) is 20.0. The Balaban J connectivity index is 0.00000225. The molecule has 2 aliphatic heterocycles. The summed E-state index contributed by atoms with van der Waals surface area (Å²) in [5, 5.41) is 3.49. The maximum absolute atomic E-state index is 12.6. The molecule has 6 heteroatoms. The number of piperazine rings is 1. The Morgan fingerprint density at radius 1 is 1.20 bits per heavy atom. The summed E-state index contributed by atoms with van der Waals surface area (Å²) in [5.41, 5.74) is 1.18. The van der Waals surface area contributed by atoms with Crippen LogP contribution in [-0.2, 0) is 6.54 Å². The number of nitrogens with zero attached hydrogens (tertiary/aromatic N) is 3. The fourth-order valence-corrected chi connectivity index (χ4v) is 3.73. The van der Waals surface area contributed by atoms with Gasteiger partial charge in [-0.25, -0.2) is 4.79 Å². The fraction of sp³-hybridized carbons (Fsp3) is 0.632. The van der Waals surface area contributed by atoms with Gasteiger partial charge in [0.15, 0.2) is 0 Å². The lowest BCUT2D eigenvalue weighted by atomic mass is 9.99. The lowest BCUT2D eigenvalue weighted by Crippen LogP contribution is -2.53. The monoisotopic (exact) mass is 366 g/mol. The van der Waals surface area contributed by atoms with Crippen LogP contribution in [0.2, 0.25) is 0 Å². The predicted octanol–water partition coefficient (Wildman–Crippen LogP) is 2.28. The van der Waals surface area contributed by atoms with Crippen molar-refractivity contribution in [3.63, 3.8) is 0 Å². The van der Waals surface area contributed by atoms with E-state index in [0.717, 1.165) is 38.6 Å². The van der Waals surface area contributed by atoms with E-state index in [0.29, 0.717) is 6.54 Å². The highest BCUT2D eigenvalue weighted by molar-refractivity contribution is 5.85. The maximum Gasteiger partial charge on any atom is 0.320 e. The van der Waals surface area contributed by atoms with Gasteiger partial charge in [0.1, 0.15) is 0 Å². The molecule has 2 fully saturated rings. The minimum atomic E-state index is 0. The molecule has 0 bridgehead atoms. The second-order valence-electron chi connectivity index (χ2n) is 7.12. The second kappa shape index (κ2) is 10.00. The van der Waals surface area contributed by atoms with E-state index in [9.17, 15) is 4.79 Å². The summed E-state index contributed by atoms with van der Waals surface area (Å²) in [5.74, 6) is 0.779. The molecule has 1 aromatic rings. The molecule has 0 aromatic heterocycles. The zero-order chi connectivity index (χ0) is 16.8. The van der Waals surface area contributed by atoms with E-state index in [1.807, 2.05) is 35.0 Å². The molecule has 2 heterocycles. The molecule has 0 radical (unpaired) electrons. The second-order valence-corrected chi connectivity index (χ2v) is 7.12. The van der Waals surface area contributed by atoms with E-state index >= 15 is 0 Å². The SMILES string of the molecule is CN(Cc1ccccc1)C(=O)N1CCN(CC2CCCNC2)CC1.Cl. The van der Waals surface area contributed by atoms with Crippen molar-refractivity contribution in [1.82, 2.24) is 20.0 Å². The number of rotatable bonds is 4. The van der Waals surface area contributed by atoms with Crippen LogP contribution >= 0.6 is 12.4 Å². The first-order valence-electron chi connectivity index (χ1n) is 9.19. The van der Waals surface area contributed by atoms with E-state index in [1.54, 1.807) is 0 Å². The van der Waals surface area contributed by atoms with E-state index < -0.39 is 0 Å². The first-order chi connectivity index (χ1) is 11.7. The summed E-state index contributed by atoms with van der Waals surface area (Å²) in [4.78, 5) is 19.0. The molecule has 3 rings (SSSR count). The minimum Gasteiger partial charge on any atom is -0.323 e. The van der Waals surface area contributed by atoms with E-state index in [1.165, 1.54) is 31.5 Å². The average molecular weight is 367 g/mol. The summed E-state index contributed by atoms with van der Waals surface area (Å²) in [6, 6.07) is 10.3. The summed E-state index contributed by atoms with van der Waals surface area (Å²) in [7, 11) is 1.90. The Hall–Kier alpha value is -1.30. The smallest absolute Gasteiger partial charge is 0.320 e. The van der Waals surface area contributed by atoms with Crippen molar-refractivity contribution in [2.45, 2.75) is 19.4 Å². The molecule has 0 aliphatic carbocycles. The van der Waals surface area contributed by atoms with Crippen molar-refractivity contribution in [2.75, 3.05) is 52.9 Å². The Bertz CT molecular complexity index is 513. The van der Waals surface area contributed by atoms with Crippen LogP contribution in [0.4, 0.5) is 4.79 Å². The number of benzene rings is 1. The fourth-order valence-electron chi connectivity index (χ4n) is 3.73. The molecule has 0 spiro atoms. The quantitative estimate of drug-likeness (QED) is 0.888. The zero-order valence-electron chi connectivity index (χ0n) is 15.2. The first-order valence-corrected chi connectivity index (χ1v) is 9.19. The highest BCUT2D eigenvalue weighted by Gasteiger charge is 2.25. The van der Waals surface area contributed by atoms with Gasteiger partial charge >= 0.3 is 6.03 Å². The summed E-state index contributed by atoms with van der Waals surface area (Å²) >= 11 is 0. The van der Waals surface area contributed by atoms with Crippen LogP contribution in [0.25, 0.3) is 0 Å². The van der Waals surface area contributed by atoms with Crippen molar-refractivity contribution >= 4 is 18.4 Å². The normalized spacial score (nSPS) is 21.5.